The van der Waals surface area contributed by atoms with Crippen LogP contribution in [0.25, 0.3) is 0 Å². The second-order valence-electron chi connectivity index (χ2n) is 3.63. The molecule has 0 spiro atoms. The van der Waals surface area contributed by atoms with Crippen molar-refractivity contribution < 1.29 is 4.42 Å². The number of rotatable bonds is 1. The Labute approximate surface area is 76.1 Å². The van der Waals surface area contributed by atoms with Crippen molar-refractivity contribution in [2.24, 2.45) is 0 Å². The van der Waals surface area contributed by atoms with Crippen molar-refractivity contribution in [3.05, 3.63) is 11.2 Å². The summed E-state index contributed by atoms with van der Waals surface area (Å²) in [5.74, 6) is 0.699. The maximum Gasteiger partial charge on any atom is 0.312 e. The Kier molecular flexibility index (Phi) is 1.83. The van der Waals surface area contributed by atoms with Gasteiger partial charge >= 0.3 is 5.35 Å². The predicted octanol–water partition coefficient (Wildman–Crippen LogP) is 2.55. The number of nitrogens with zero attached hydrogens (tertiary/aromatic N) is 2. The van der Waals surface area contributed by atoms with Crippen LogP contribution in [0.5, 0.6) is 0 Å². The van der Waals surface area contributed by atoms with Crippen LogP contribution in [0.4, 0.5) is 0 Å². The number of halogens is 1. The van der Waals surface area contributed by atoms with E-state index in [1.807, 2.05) is 0 Å². The van der Waals surface area contributed by atoms with Gasteiger partial charge in [-0.15, -0.1) is 5.10 Å². The maximum absolute atomic E-state index is 5.56. The Hall–Kier alpha value is -0.570. The smallest absolute Gasteiger partial charge is 0.312 e. The summed E-state index contributed by atoms with van der Waals surface area (Å²) < 4.78 is 5.21. The van der Waals surface area contributed by atoms with E-state index in [2.05, 4.69) is 17.1 Å². The molecule has 1 aromatic rings. The van der Waals surface area contributed by atoms with Crippen molar-refractivity contribution in [3.8, 4) is 0 Å². The van der Waals surface area contributed by atoms with Crippen LogP contribution in [0.3, 0.4) is 0 Å². The van der Waals surface area contributed by atoms with Crippen molar-refractivity contribution in [1.29, 1.82) is 0 Å². The highest BCUT2D eigenvalue weighted by atomic mass is 35.5. The molecule has 0 aromatic carbocycles. The highest BCUT2D eigenvalue weighted by Crippen LogP contribution is 2.39. The lowest BCUT2D eigenvalue weighted by Crippen LogP contribution is -2.17. The summed E-state index contributed by atoms with van der Waals surface area (Å²) in [6, 6.07) is 0. The molecule has 0 unspecified atom stereocenters. The van der Waals surface area contributed by atoms with Gasteiger partial charge in [0.25, 0.3) is 0 Å². The maximum atomic E-state index is 5.56. The van der Waals surface area contributed by atoms with Gasteiger partial charge in [-0.3, -0.25) is 0 Å². The lowest BCUT2D eigenvalue weighted by atomic mass is 9.89. The van der Waals surface area contributed by atoms with Crippen LogP contribution in [0.1, 0.15) is 38.5 Å². The summed E-state index contributed by atoms with van der Waals surface area (Å²) in [6.45, 7) is 2.16. The lowest BCUT2D eigenvalue weighted by molar-refractivity contribution is 0.352. The molecule has 4 heteroatoms. The van der Waals surface area contributed by atoms with E-state index in [-0.39, 0.29) is 10.8 Å². The SMILES string of the molecule is CC1(c2nnc(Cl)o2)CCCC1. The molecule has 0 aliphatic heterocycles. The van der Waals surface area contributed by atoms with E-state index in [9.17, 15) is 0 Å². The molecular formula is C8H11ClN2O. The Bertz CT molecular complexity index is 278. The predicted molar refractivity (Wildman–Crippen MR) is 45.1 cm³/mol. The molecule has 3 nitrogen and oxygen atoms in total. The molecule has 1 saturated carbocycles. The van der Waals surface area contributed by atoms with Crippen molar-refractivity contribution in [3.63, 3.8) is 0 Å². The molecule has 0 atom stereocenters. The molecule has 1 heterocycles. The molecule has 0 radical (unpaired) electrons. The van der Waals surface area contributed by atoms with E-state index in [0.29, 0.717) is 5.89 Å². The molecule has 2 rings (SSSR count). The lowest BCUT2D eigenvalue weighted by Gasteiger charge is -2.16. The quantitative estimate of drug-likeness (QED) is 0.677. The van der Waals surface area contributed by atoms with E-state index in [1.54, 1.807) is 0 Å². The first-order valence-electron chi connectivity index (χ1n) is 4.20. The first kappa shape index (κ1) is 8.05. The monoisotopic (exact) mass is 186 g/mol. The standard InChI is InChI=1S/C8H11ClN2O/c1-8(4-2-3-5-8)6-10-11-7(9)12-6/h2-5H2,1H3. The normalized spacial score (nSPS) is 21.5. The Morgan fingerprint density at radius 1 is 1.33 bits per heavy atom. The molecule has 66 valence electrons. The molecule has 0 saturated heterocycles. The van der Waals surface area contributed by atoms with E-state index in [1.165, 1.54) is 12.8 Å². The number of hydrogen-bond donors (Lipinski definition) is 0. The van der Waals surface area contributed by atoms with Gasteiger partial charge in [0.2, 0.25) is 5.89 Å². The van der Waals surface area contributed by atoms with Crippen LogP contribution in [-0.2, 0) is 5.41 Å². The molecule has 1 aromatic heterocycles. The van der Waals surface area contributed by atoms with E-state index >= 15 is 0 Å². The van der Waals surface area contributed by atoms with E-state index in [4.69, 9.17) is 16.0 Å². The minimum atomic E-state index is 0.0835. The largest absolute Gasteiger partial charge is 0.412 e. The molecule has 0 N–H and O–H groups in total. The van der Waals surface area contributed by atoms with Gasteiger partial charge in [-0.1, -0.05) is 24.9 Å². The van der Waals surface area contributed by atoms with Gasteiger partial charge < -0.3 is 4.42 Å². The van der Waals surface area contributed by atoms with Crippen molar-refractivity contribution in [2.75, 3.05) is 0 Å². The fourth-order valence-corrected chi connectivity index (χ4v) is 1.93. The summed E-state index contributed by atoms with van der Waals surface area (Å²) >= 11 is 5.56. The Morgan fingerprint density at radius 3 is 2.50 bits per heavy atom. The van der Waals surface area contributed by atoms with Crippen molar-refractivity contribution in [2.45, 2.75) is 38.0 Å². The molecule has 1 aliphatic carbocycles. The van der Waals surface area contributed by atoms with Crippen molar-refractivity contribution >= 4 is 11.6 Å². The Morgan fingerprint density at radius 2 is 2.00 bits per heavy atom. The van der Waals surface area contributed by atoms with Crippen LogP contribution >= 0.6 is 11.6 Å². The van der Waals surface area contributed by atoms with Gasteiger partial charge in [0, 0.05) is 5.41 Å². The minimum absolute atomic E-state index is 0.0835. The third-order valence-electron chi connectivity index (χ3n) is 2.62. The molecule has 0 amide bonds. The zero-order chi connectivity index (χ0) is 8.60. The summed E-state index contributed by atoms with van der Waals surface area (Å²) in [6.07, 6.45) is 4.75. The molecular weight excluding hydrogens is 176 g/mol. The molecule has 1 aliphatic rings. The van der Waals surface area contributed by atoms with Crippen molar-refractivity contribution in [1.82, 2.24) is 10.2 Å². The molecule has 12 heavy (non-hydrogen) atoms. The van der Waals surface area contributed by atoms with Crippen LogP contribution in [0.2, 0.25) is 5.35 Å². The number of aromatic nitrogens is 2. The second kappa shape index (κ2) is 2.73. The van der Waals surface area contributed by atoms with E-state index < -0.39 is 0 Å². The topological polar surface area (TPSA) is 38.9 Å². The zero-order valence-corrected chi connectivity index (χ0v) is 7.76. The van der Waals surface area contributed by atoms with Gasteiger partial charge in [-0.05, 0) is 24.4 Å². The third-order valence-corrected chi connectivity index (χ3v) is 2.78. The fraction of sp³-hybridized carbons (Fsp3) is 0.750. The highest BCUT2D eigenvalue weighted by molar-refractivity contribution is 6.27. The van der Waals surface area contributed by atoms with Crippen LogP contribution in [0, 0.1) is 0 Å². The van der Waals surface area contributed by atoms with Crippen LogP contribution < -0.4 is 0 Å². The molecule has 0 bridgehead atoms. The summed E-state index contributed by atoms with van der Waals surface area (Å²) in [5.41, 5.74) is 0.0835. The summed E-state index contributed by atoms with van der Waals surface area (Å²) in [4.78, 5) is 0. The minimum Gasteiger partial charge on any atom is -0.412 e. The van der Waals surface area contributed by atoms with Gasteiger partial charge in [0.05, 0.1) is 0 Å². The average Bonchev–Trinajstić information content (AvgIpc) is 2.59. The second-order valence-corrected chi connectivity index (χ2v) is 3.95. The average molecular weight is 187 g/mol. The van der Waals surface area contributed by atoms with E-state index in [0.717, 1.165) is 12.8 Å². The van der Waals surface area contributed by atoms with Gasteiger partial charge in [-0.25, -0.2) is 0 Å². The third kappa shape index (κ3) is 1.22. The first-order chi connectivity index (χ1) is 5.71. The highest BCUT2D eigenvalue weighted by Gasteiger charge is 2.35. The zero-order valence-electron chi connectivity index (χ0n) is 7.01. The fourth-order valence-electron chi connectivity index (χ4n) is 1.82. The van der Waals surface area contributed by atoms with Gasteiger partial charge in [0.1, 0.15) is 0 Å². The van der Waals surface area contributed by atoms with Gasteiger partial charge in [-0.2, -0.15) is 0 Å². The summed E-state index contributed by atoms with van der Waals surface area (Å²) in [7, 11) is 0. The number of hydrogen-bond acceptors (Lipinski definition) is 3. The Balaban J connectivity index is 2.28. The van der Waals surface area contributed by atoms with Gasteiger partial charge in [0.15, 0.2) is 0 Å². The van der Waals surface area contributed by atoms with Crippen LogP contribution in [0.15, 0.2) is 4.42 Å². The summed E-state index contributed by atoms with van der Waals surface area (Å²) in [5, 5.41) is 7.73. The molecule has 1 fully saturated rings. The first-order valence-corrected chi connectivity index (χ1v) is 4.58. The van der Waals surface area contributed by atoms with Crippen LogP contribution in [-0.4, -0.2) is 10.2 Å².